The molecule has 1 N–H and O–H groups in total. The molecular weight excluding hydrogens is 473 g/mol. The lowest BCUT2D eigenvalue weighted by molar-refractivity contribution is -0.342. The van der Waals surface area contributed by atoms with Crippen molar-refractivity contribution in [1.82, 2.24) is 10.2 Å². The van der Waals surface area contributed by atoms with E-state index in [0.29, 0.717) is 18.5 Å². The van der Waals surface area contributed by atoms with E-state index in [9.17, 15) is 22.8 Å². The van der Waals surface area contributed by atoms with Gasteiger partial charge in [-0.25, -0.2) is 4.79 Å². The fourth-order valence-electron chi connectivity index (χ4n) is 3.98. The predicted octanol–water partition coefficient (Wildman–Crippen LogP) is 5.73. The molecule has 1 aliphatic carbocycles. The molecule has 1 aromatic rings. The van der Waals surface area contributed by atoms with Crippen LogP contribution in [0.2, 0.25) is 0 Å². The molecule has 1 aliphatic heterocycles. The van der Waals surface area contributed by atoms with Crippen molar-refractivity contribution < 1.29 is 32.2 Å². The maximum atomic E-state index is 13.2. The number of piperidine rings is 1. The van der Waals surface area contributed by atoms with Gasteiger partial charge in [-0.2, -0.15) is 0 Å². The third kappa shape index (κ3) is 6.76. The number of carbonyl (C=O) groups is 2. The van der Waals surface area contributed by atoms with E-state index in [-0.39, 0.29) is 11.3 Å². The van der Waals surface area contributed by atoms with Gasteiger partial charge in [-0.3, -0.25) is 14.4 Å². The molecular formula is C24H28ClF3N2O4. The Labute approximate surface area is 201 Å². The number of amides is 2. The molecule has 1 heterocycles. The van der Waals surface area contributed by atoms with Crippen molar-refractivity contribution in [3.05, 3.63) is 53.7 Å². The van der Waals surface area contributed by atoms with E-state index in [1.165, 1.54) is 17.1 Å². The standard InChI is InChI=1S/C24H28ClF3N2O4/c1-22(2,3)33-21(32)30-14-8-7-11-19(30)20(31)29-17-12-13-18(16-9-5-4-6-10-16)23(25,15-17)34-24(26,27)28/h4-6,9-10,12-13,19H,7-8,11,14-15H2,1-3H3,(H,29,31). The van der Waals surface area contributed by atoms with Crippen LogP contribution in [-0.2, 0) is 14.3 Å². The van der Waals surface area contributed by atoms with Gasteiger partial charge in [0.2, 0.25) is 5.91 Å². The van der Waals surface area contributed by atoms with Gasteiger partial charge in [0.25, 0.3) is 0 Å². The second-order valence-corrected chi connectivity index (χ2v) is 9.88. The summed E-state index contributed by atoms with van der Waals surface area (Å²) in [6.07, 6.45) is -1.28. The Hall–Kier alpha value is -2.52. The minimum Gasteiger partial charge on any atom is -0.444 e. The molecule has 10 heteroatoms. The highest BCUT2D eigenvalue weighted by Gasteiger charge is 2.47. The molecule has 6 nitrogen and oxygen atoms in total. The molecule has 0 saturated carbocycles. The molecule has 0 spiro atoms. The number of nitrogens with one attached hydrogen (secondary N) is 1. The largest absolute Gasteiger partial charge is 0.524 e. The molecule has 186 valence electrons. The average molecular weight is 501 g/mol. The molecule has 2 unspecified atom stereocenters. The number of carbonyl (C=O) groups excluding carboxylic acids is 2. The molecule has 2 atom stereocenters. The maximum Gasteiger partial charge on any atom is 0.524 e. The zero-order chi connectivity index (χ0) is 25.1. The summed E-state index contributed by atoms with van der Waals surface area (Å²) >= 11 is 6.39. The number of rotatable bonds is 4. The fraction of sp³-hybridized carbons (Fsp3) is 0.500. The quantitative estimate of drug-likeness (QED) is 0.536. The smallest absolute Gasteiger partial charge is 0.444 e. The number of hydrogen-bond donors (Lipinski definition) is 1. The summed E-state index contributed by atoms with van der Waals surface area (Å²) in [4.78, 5) is 27.0. The lowest BCUT2D eigenvalue weighted by Gasteiger charge is -2.37. The highest BCUT2D eigenvalue weighted by molar-refractivity contribution is 6.29. The Morgan fingerprint density at radius 1 is 1.12 bits per heavy atom. The summed E-state index contributed by atoms with van der Waals surface area (Å²) in [5, 5.41) is 0.376. The van der Waals surface area contributed by atoms with Crippen LogP contribution >= 0.6 is 11.6 Å². The summed E-state index contributed by atoms with van der Waals surface area (Å²) in [5.74, 6) is -0.514. The topological polar surface area (TPSA) is 67.9 Å². The van der Waals surface area contributed by atoms with Gasteiger partial charge in [0.1, 0.15) is 11.6 Å². The SMILES string of the molecule is CC(C)(C)OC(=O)N1CCCCC1C(=O)NC1=CC=C(c2ccccc2)C(Cl)(OC(F)(F)F)C1. The number of hydrogen-bond acceptors (Lipinski definition) is 4. The van der Waals surface area contributed by atoms with Crippen molar-refractivity contribution in [2.24, 2.45) is 0 Å². The van der Waals surface area contributed by atoms with Gasteiger partial charge in [-0.1, -0.05) is 48.0 Å². The maximum absolute atomic E-state index is 13.2. The second-order valence-electron chi connectivity index (χ2n) is 9.27. The minimum absolute atomic E-state index is 0.123. The van der Waals surface area contributed by atoms with Crippen LogP contribution in [0.1, 0.15) is 52.0 Å². The van der Waals surface area contributed by atoms with Gasteiger partial charge >= 0.3 is 12.5 Å². The first kappa shape index (κ1) is 26.1. The van der Waals surface area contributed by atoms with Crippen molar-refractivity contribution in [3.8, 4) is 0 Å². The molecule has 34 heavy (non-hydrogen) atoms. The molecule has 2 amide bonds. The number of benzene rings is 1. The van der Waals surface area contributed by atoms with Crippen LogP contribution < -0.4 is 5.32 Å². The average Bonchev–Trinajstić information content (AvgIpc) is 2.71. The molecule has 0 radical (unpaired) electrons. The van der Waals surface area contributed by atoms with Crippen LogP contribution in [0.5, 0.6) is 0 Å². The Morgan fingerprint density at radius 3 is 2.41 bits per heavy atom. The van der Waals surface area contributed by atoms with E-state index in [1.54, 1.807) is 51.1 Å². The highest BCUT2D eigenvalue weighted by Crippen LogP contribution is 2.45. The summed E-state index contributed by atoms with van der Waals surface area (Å²) < 4.78 is 49.4. The van der Waals surface area contributed by atoms with E-state index < -0.39 is 41.5 Å². The van der Waals surface area contributed by atoms with Crippen LogP contribution in [0.25, 0.3) is 5.57 Å². The lowest BCUT2D eigenvalue weighted by atomic mass is 9.92. The first-order valence-electron chi connectivity index (χ1n) is 11.0. The van der Waals surface area contributed by atoms with Gasteiger partial charge in [0, 0.05) is 24.2 Å². The Kier molecular flexibility index (Phi) is 7.67. The number of alkyl halides is 4. The summed E-state index contributed by atoms with van der Waals surface area (Å²) in [6, 6.07) is 7.53. The molecule has 3 rings (SSSR count). The Morgan fingerprint density at radius 2 is 1.79 bits per heavy atom. The van der Waals surface area contributed by atoms with Gasteiger partial charge < -0.3 is 10.1 Å². The normalized spacial score (nSPS) is 23.6. The van der Waals surface area contributed by atoms with Crippen molar-refractivity contribution in [2.75, 3.05) is 6.54 Å². The first-order chi connectivity index (χ1) is 15.8. The molecule has 2 aliphatic rings. The monoisotopic (exact) mass is 500 g/mol. The van der Waals surface area contributed by atoms with Gasteiger partial charge in [0.05, 0.1) is 0 Å². The molecule has 0 bridgehead atoms. The van der Waals surface area contributed by atoms with Crippen molar-refractivity contribution >= 4 is 29.2 Å². The highest BCUT2D eigenvalue weighted by atomic mass is 35.5. The van der Waals surface area contributed by atoms with Crippen LogP contribution in [0, 0.1) is 0 Å². The Bertz CT molecular complexity index is 973. The van der Waals surface area contributed by atoms with Crippen LogP contribution in [0.15, 0.2) is 48.2 Å². The number of nitrogens with zero attached hydrogens (tertiary/aromatic N) is 1. The van der Waals surface area contributed by atoms with Crippen molar-refractivity contribution in [1.29, 1.82) is 0 Å². The van der Waals surface area contributed by atoms with E-state index in [4.69, 9.17) is 16.3 Å². The number of ether oxygens (including phenoxy) is 2. The summed E-state index contributed by atoms with van der Waals surface area (Å²) in [6.45, 7) is 5.54. The minimum atomic E-state index is -5.00. The van der Waals surface area contributed by atoms with Gasteiger partial charge in [0.15, 0.2) is 5.06 Å². The molecule has 1 fully saturated rings. The van der Waals surface area contributed by atoms with Gasteiger partial charge in [-0.05, 0) is 51.7 Å². The van der Waals surface area contributed by atoms with E-state index in [2.05, 4.69) is 10.1 Å². The lowest BCUT2D eigenvalue weighted by Crippen LogP contribution is -2.53. The summed E-state index contributed by atoms with van der Waals surface area (Å²) in [5.41, 5.74) is 0.0105. The zero-order valence-corrected chi connectivity index (χ0v) is 20.0. The summed E-state index contributed by atoms with van der Waals surface area (Å²) in [7, 11) is 0. The number of likely N-dealkylation sites (tertiary alicyclic amines) is 1. The van der Waals surface area contributed by atoms with Crippen LogP contribution in [0.3, 0.4) is 0 Å². The first-order valence-corrected chi connectivity index (χ1v) is 11.4. The number of halogens is 4. The van der Waals surface area contributed by atoms with E-state index >= 15 is 0 Å². The predicted molar refractivity (Wildman–Crippen MR) is 122 cm³/mol. The van der Waals surface area contributed by atoms with Crippen LogP contribution in [-0.4, -0.2) is 46.5 Å². The molecule has 1 saturated heterocycles. The van der Waals surface area contributed by atoms with E-state index in [1.807, 2.05) is 0 Å². The van der Waals surface area contributed by atoms with Gasteiger partial charge in [-0.15, -0.1) is 13.2 Å². The third-order valence-electron chi connectivity index (χ3n) is 5.35. The van der Waals surface area contributed by atoms with Crippen molar-refractivity contribution in [2.45, 2.75) is 69.5 Å². The van der Waals surface area contributed by atoms with Crippen LogP contribution in [0.4, 0.5) is 18.0 Å². The second kappa shape index (κ2) is 10.00. The number of allylic oxidation sites excluding steroid dienone is 2. The molecule has 0 aromatic heterocycles. The van der Waals surface area contributed by atoms with Crippen molar-refractivity contribution in [3.63, 3.8) is 0 Å². The zero-order valence-electron chi connectivity index (χ0n) is 19.2. The fourth-order valence-corrected chi connectivity index (χ4v) is 4.39. The third-order valence-corrected chi connectivity index (χ3v) is 5.77. The molecule has 1 aromatic carbocycles. The van der Waals surface area contributed by atoms with E-state index in [0.717, 1.165) is 12.8 Å². The Balaban J connectivity index is 1.82.